The first-order valence-electron chi connectivity index (χ1n) is 10.3. The summed E-state index contributed by atoms with van der Waals surface area (Å²) in [7, 11) is 0. The molecule has 8 heteroatoms. The second kappa shape index (κ2) is 9.49. The van der Waals surface area contributed by atoms with Crippen LogP contribution in [0, 0.1) is 13.8 Å². The Kier molecular flexibility index (Phi) is 6.53. The molecular weight excluding hydrogens is 416 g/mol. The van der Waals surface area contributed by atoms with Crippen molar-refractivity contribution in [3.05, 3.63) is 64.5 Å². The molecular formula is C23H25ClN4O3. The molecule has 0 saturated carbocycles. The number of amides is 1. The van der Waals surface area contributed by atoms with Crippen molar-refractivity contribution in [2.75, 3.05) is 32.8 Å². The molecule has 31 heavy (non-hydrogen) atoms. The number of carbonyl (C=O) groups is 1. The molecule has 1 saturated heterocycles. The van der Waals surface area contributed by atoms with Crippen molar-refractivity contribution in [2.24, 2.45) is 0 Å². The Labute approximate surface area is 186 Å². The fourth-order valence-electron chi connectivity index (χ4n) is 3.49. The lowest BCUT2D eigenvalue weighted by molar-refractivity contribution is -0.135. The van der Waals surface area contributed by atoms with Gasteiger partial charge in [-0.1, -0.05) is 46.6 Å². The standard InChI is InChI=1S/C23H25ClN4O3/c1-16-3-5-18(6-4-16)23-25-21(31-26-23)14-27-9-11-28(12-10-27)22(29)15-30-20-8-7-19(24)13-17(20)2/h3-8,13H,9-12,14-15H2,1-2H3. The van der Waals surface area contributed by atoms with Crippen LogP contribution in [-0.2, 0) is 11.3 Å². The van der Waals surface area contributed by atoms with Crippen LogP contribution in [0.15, 0.2) is 47.0 Å². The van der Waals surface area contributed by atoms with Gasteiger partial charge in [0.05, 0.1) is 6.54 Å². The highest BCUT2D eigenvalue weighted by molar-refractivity contribution is 6.30. The summed E-state index contributed by atoms with van der Waals surface area (Å²) in [4.78, 5) is 21.1. The second-order valence-electron chi connectivity index (χ2n) is 7.73. The molecule has 0 bridgehead atoms. The summed E-state index contributed by atoms with van der Waals surface area (Å²) in [6.45, 7) is 7.31. The van der Waals surface area contributed by atoms with Crippen LogP contribution in [-0.4, -0.2) is 58.6 Å². The number of carbonyl (C=O) groups excluding carboxylic acids is 1. The zero-order valence-electron chi connectivity index (χ0n) is 17.7. The van der Waals surface area contributed by atoms with Crippen LogP contribution in [0.25, 0.3) is 11.4 Å². The van der Waals surface area contributed by atoms with Crippen molar-refractivity contribution in [3.63, 3.8) is 0 Å². The predicted octanol–water partition coefficient (Wildman–Crippen LogP) is 3.73. The molecule has 7 nitrogen and oxygen atoms in total. The van der Waals surface area contributed by atoms with E-state index >= 15 is 0 Å². The van der Waals surface area contributed by atoms with Gasteiger partial charge in [0.1, 0.15) is 5.75 Å². The monoisotopic (exact) mass is 440 g/mol. The minimum absolute atomic E-state index is 0.0199. The minimum atomic E-state index is -0.0200. The predicted molar refractivity (Wildman–Crippen MR) is 118 cm³/mol. The third-order valence-electron chi connectivity index (χ3n) is 5.35. The lowest BCUT2D eigenvalue weighted by Crippen LogP contribution is -2.49. The highest BCUT2D eigenvalue weighted by atomic mass is 35.5. The summed E-state index contributed by atoms with van der Waals surface area (Å²) in [5.41, 5.74) is 3.04. The third-order valence-corrected chi connectivity index (χ3v) is 5.58. The highest BCUT2D eigenvalue weighted by Gasteiger charge is 2.23. The molecule has 1 fully saturated rings. The van der Waals surface area contributed by atoms with Crippen molar-refractivity contribution in [1.82, 2.24) is 19.9 Å². The lowest BCUT2D eigenvalue weighted by atomic mass is 10.1. The molecule has 0 spiro atoms. The van der Waals surface area contributed by atoms with Crippen molar-refractivity contribution in [2.45, 2.75) is 20.4 Å². The van der Waals surface area contributed by atoms with Crippen LogP contribution in [0.3, 0.4) is 0 Å². The van der Waals surface area contributed by atoms with E-state index in [2.05, 4.69) is 15.0 Å². The van der Waals surface area contributed by atoms with Crippen LogP contribution in [0.4, 0.5) is 0 Å². The van der Waals surface area contributed by atoms with E-state index in [-0.39, 0.29) is 12.5 Å². The summed E-state index contributed by atoms with van der Waals surface area (Å²) in [5, 5.41) is 4.74. The van der Waals surface area contributed by atoms with Crippen LogP contribution >= 0.6 is 11.6 Å². The van der Waals surface area contributed by atoms with E-state index in [1.54, 1.807) is 12.1 Å². The largest absolute Gasteiger partial charge is 0.483 e. The van der Waals surface area contributed by atoms with Gasteiger partial charge in [0.2, 0.25) is 11.7 Å². The Morgan fingerprint density at radius 3 is 2.55 bits per heavy atom. The van der Waals surface area contributed by atoms with Crippen LogP contribution < -0.4 is 4.74 Å². The number of ether oxygens (including phenoxy) is 1. The average molecular weight is 441 g/mol. The van der Waals surface area contributed by atoms with Crippen LogP contribution in [0.5, 0.6) is 5.75 Å². The van der Waals surface area contributed by atoms with Crippen molar-refractivity contribution in [3.8, 4) is 17.1 Å². The highest BCUT2D eigenvalue weighted by Crippen LogP contribution is 2.22. The Hall–Kier alpha value is -2.90. The van der Waals surface area contributed by atoms with Crippen molar-refractivity contribution < 1.29 is 14.1 Å². The minimum Gasteiger partial charge on any atom is -0.483 e. The van der Waals surface area contributed by atoms with Gasteiger partial charge in [-0.25, -0.2) is 0 Å². The molecule has 0 N–H and O–H groups in total. The Morgan fingerprint density at radius 2 is 1.84 bits per heavy atom. The van der Waals surface area contributed by atoms with Gasteiger partial charge >= 0.3 is 0 Å². The van der Waals surface area contributed by atoms with E-state index < -0.39 is 0 Å². The van der Waals surface area contributed by atoms with E-state index in [1.807, 2.05) is 49.1 Å². The molecule has 1 aromatic heterocycles. The van der Waals surface area contributed by atoms with Crippen LogP contribution in [0.2, 0.25) is 5.02 Å². The first kappa shape index (κ1) is 21.3. The third kappa shape index (κ3) is 5.42. The molecule has 1 aliphatic rings. The van der Waals surface area contributed by atoms with E-state index in [4.69, 9.17) is 20.9 Å². The number of aryl methyl sites for hydroxylation is 2. The van der Waals surface area contributed by atoms with Gasteiger partial charge < -0.3 is 14.2 Å². The lowest BCUT2D eigenvalue weighted by Gasteiger charge is -2.33. The quantitative estimate of drug-likeness (QED) is 0.581. The molecule has 4 rings (SSSR count). The topological polar surface area (TPSA) is 71.7 Å². The van der Waals surface area contributed by atoms with Crippen molar-refractivity contribution in [1.29, 1.82) is 0 Å². The van der Waals surface area contributed by atoms with E-state index in [1.165, 1.54) is 5.56 Å². The first-order valence-corrected chi connectivity index (χ1v) is 10.6. The van der Waals surface area contributed by atoms with Gasteiger partial charge in [0, 0.05) is 36.8 Å². The van der Waals surface area contributed by atoms with Gasteiger partial charge in [-0.2, -0.15) is 4.98 Å². The smallest absolute Gasteiger partial charge is 0.260 e. The van der Waals surface area contributed by atoms with E-state index in [0.29, 0.717) is 42.1 Å². The Morgan fingerprint density at radius 1 is 1.10 bits per heavy atom. The van der Waals surface area contributed by atoms with Gasteiger partial charge in [0.25, 0.3) is 5.91 Å². The van der Waals surface area contributed by atoms with E-state index in [9.17, 15) is 4.79 Å². The summed E-state index contributed by atoms with van der Waals surface area (Å²) >= 11 is 5.96. The van der Waals surface area contributed by atoms with Crippen LogP contribution in [0.1, 0.15) is 17.0 Å². The SMILES string of the molecule is Cc1ccc(-c2noc(CN3CCN(C(=O)COc4ccc(Cl)cc4C)CC3)n2)cc1. The maximum Gasteiger partial charge on any atom is 0.260 e. The molecule has 162 valence electrons. The van der Waals surface area contributed by atoms with Gasteiger partial charge in [-0.15, -0.1) is 0 Å². The summed E-state index contributed by atoms with van der Waals surface area (Å²) in [6.07, 6.45) is 0. The number of halogens is 1. The summed E-state index contributed by atoms with van der Waals surface area (Å²) < 4.78 is 11.1. The van der Waals surface area contributed by atoms with Gasteiger partial charge in [-0.3, -0.25) is 9.69 Å². The molecule has 0 atom stereocenters. The molecule has 2 aromatic carbocycles. The Bertz CT molecular complexity index is 1040. The summed E-state index contributed by atoms with van der Waals surface area (Å²) in [6, 6.07) is 13.4. The molecule has 1 amide bonds. The normalized spacial score (nSPS) is 14.6. The number of piperazine rings is 1. The number of hydrogen-bond acceptors (Lipinski definition) is 6. The van der Waals surface area contributed by atoms with Gasteiger partial charge in [0.15, 0.2) is 6.61 Å². The zero-order chi connectivity index (χ0) is 21.8. The van der Waals surface area contributed by atoms with Crippen molar-refractivity contribution >= 4 is 17.5 Å². The average Bonchev–Trinajstić information content (AvgIpc) is 3.22. The number of benzene rings is 2. The number of rotatable bonds is 6. The second-order valence-corrected chi connectivity index (χ2v) is 8.17. The molecule has 1 aliphatic heterocycles. The fraction of sp³-hybridized carbons (Fsp3) is 0.348. The first-order chi connectivity index (χ1) is 15.0. The maximum atomic E-state index is 12.5. The molecule has 0 radical (unpaired) electrons. The molecule has 0 aliphatic carbocycles. The Balaban J connectivity index is 1.25. The van der Waals surface area contributed by atoms with E-state index in [0.717, 1.165) is 24.2 Å². The number of hydrogen-bond donors (Lipinski definition) is 0. The maximum absolute atomic E-state index is 12.5. The number of aromatic nitrogens is 2. The molecule has 2 heterocycles. The number of nitrogens with zero attached hydrogens (tertiary/aromatic N) is 4. The fourth-order valence-corrected chi connectivity index (χ4v) is 3.72. The van der Waals surface area contributed by atoms with Gasteiger partial charge in [-0.05, 0) is 37.6 Å². The zero-order valence-corrected chi connectivity index (χ0v) is 18.4. The molecule has 3 aromatic rings. The molecule has 0 unspecified atom stereocenters. The summed E-state index contributed by atoms with van der Waals surface area (Å²) in [5.74, 6) is 1.83.